The van der Waals surface area contributed by atoms with Gasteiger partial charge in [-0.25, -0.2) is 9.78 Å². The van der Waals surface area contributed by atoms with Gasteiger partial charge in [-0.15, -0.1) is 0 Å². The minimum Gasteiger partial charge on any atom is -0.481 e. The van der Waals surface area contributed by atoms with E-state index in [9.17, 15) is 33.9 Å². The van der Waals surface area contributed by atoms with E-state index < -0.39 is 72.6 Å². The highest BCUT2D eigenvalue weighted by Crippen LogP contribution is 2.02. The Balaban J connectivity index is 2.81. The Bertz CT molecular complexity index is 857. The van der Waals surface area contributed by atoms with E-state index in [4.69, 9.17) is 16.6 Å². The molecule has 1 heterocycles. The summed E-state index contributed by atoms with van der Waals surface area (Å²) in [6, 6.07) is -5.60. The maximum atomic E-state index is 12.5. The summed E-state index contributed by atoms with van der Waals surface area (Å²) in [5, 5.41) is 24.6. The van der Waals surface area contributed by atoms with Crippen molar-refractivity contribution in [1.29, 1.82) is 0 Å². The van der Waals surface area contributed by atoms with E-state index >= 15 is 0 Å². The summed E-state index contributed by atoms with van der Waals surface area (Å²) in [5.41, 5.74) is 10.9. The second-order valence-electron chi connectivity index (χ2n) is 6.85. The predicted molar refractivity (Wildman–Crippen MR) is 105 cm³/mol. The molecule has 176 valence electrons. The molecule has 0 aliphatic carbocycles. The SMILES string of the molecule is CC(NC(=O)C(N)CC(=O)O)C(=O)NC(CC(N)=O)C(=O)NC(Cc1cnc[nH]1)C(=O)O. The van der Waals surface area contributed by atoms with Gasteiger partial charge in [0.1, 0.15) is 18.1 Å². The zero-order chi connectivity index (χ0) is 24.4. The van der Waals surface area contributed by atoms with Gasteiger partial charge in [-0.05, 0) is 6.92 Å². The first kappa shape index (κ1) is 26.0. The average Bonchev–Trinajstić information content (AvgIpc) is 3.18. The number of rotatable bonds is 13. The lowest BCUT2D eigenvalue weighted by atomic mass is 10.1. The normalized spacial score (nSPS) is 14.3. The maximum Gasteiger partial charge on any atom is 0.326 e. The molecule has 0 radical (unpaired) electrons. The van der Waals surface area contributed by atoms with Crippen LogP contribution in [-0.4, -0.2) is 79.9 Å². The minimum atomic E-state index is -1.53. The first-order chi connectivity index (χ1) is 14.9. The highest BCUT2D eigenvalue weighted by Gasteiger charge is 2.30. The molecule has 10 N–H and O–H groups in total. The van der Waals surface area contributed by atoms with Crippen molar-refractivity contribution in [1.82, 2.24) is 25.9 Å². The molecule has 4 unspecified atom stereocenters. The second-order valence-corrected chi connectivity index (χ2v) is 6.85. The summed E-state index contributed by atoms with van der Waals surface area (Å²) in [5.74, 6) is -6.47. The lowest BCUT2D eigenvalue weighted by Gasteiger charge is -2.23. The van der Waals surface area contributed by atoms with Crippen LogP contribution in [0.2, 0.25) is 0 Å². The Kier molecular flexibility index (Phi) is 9.75. The van der Waals surface area contributed by atoms with Gasteiger partial charge in [0, 0.05) is 18.3 Å². The van der Waals surface area contributed by atoms with Crippen molar-refractivity contribution in [3.63, 3.8) is 0 Å². The Morgan fingerprint density at radius 2 is 1.62 bits per heavy atom. The first-order valence-electron chi connectivity index (χ1n) is 9.27. The summed E-state index contributed by atoms with van der Waals surface area (Å²) >= 11 is 0. The number of H-pyrrole nitrogens is 1. The summed E-state index contributed by atoms with van der Waals surface area (Å²) in [6.45, 7) is 1.23. The lowest BCUT2D eigenvalue weighted by Crippen LogP contribution is -2.57. The minimum absolute atomic E-state index is 0.147. The van der Waals surface area contributed by atoms with Crippen molar-refractivity contribution >= 4 is 35.6 Å². The van der Waals surface area contributed by atoms with Crippen molar-refractivity contribution in [3.8, 4) is 0 Å². The number of primary amides is 1. The van der Waals surface area contributed by atoms with Crippen molar-refractivity contribution in [2.24, 2.45) is 11.5 Å². The number of aliphatic carboxylic acids is 2. The molecule has 0 aliphatic heterocycles. The molecule has 1 rings (SSSR count). The number of nitrogens with two attached hydrogens (primary N) is 2. The van der Waals surface area contributed by atoms with Crippen molar-refractivity contribution in [2.75, 3.05) is 0 Å². The zero-order valence-electron chi connectivity index (χ0n) is 17.0. The van der Waals surface area contributed by atoms with Gasteiger partial charge in [0.05, 0.1) is 25.2 Å². The third kappa shape index (κ3) is 8.78. The molecule has 1 aromatic heterocycles. The number of carbonyl (C=O) groups excluding carboxylic acids is 4. The first-order valence-corrected chi connectivity index (χ1v) is 9.27. The molecule has 0 bridgehead atoms. The second kappa shape index (κ2) is 12.0. The van der Waals surface area contributed by atoms with E-state index in [0.717, 1.165) is 0 Å². The van der Waals surface area contributed by atoms with Crippen molar-refractivity contribution < 1.29 is 39.0 Å². The summed E-state index contributed by atoms with van der Waals surface area (Å²) in [6.07, 6.45) is 1.23. The number of carbonyl (C=O) groups is 6. The number of aromatic amines is 1. The van der Waals surface area contributed by atoms with Crippen LogP contribution in [0.15, 0.2) is 12.5 Å². The Hall–Kier alpha value is -4.01. The molecular weight excluding hydrogens is 430 g/mol. The summed E-state index contributed by atoms with van der Waals surface area (Å²) in [4.78, 5) is 76.6. The molecule has 4 amide bonds. The number of nitrogens with zero attached hydrogens (tertiary/aromatic N) is 1. The number of hydrogen-bond acceptors (Lipinski definition) is 8. The lowest BCUT2D eigenvalue weighted by molar-refractivity contribution is -0.142. The average molecular weight is 455 g/mol. The third-order valence-corrected chi connectivity index (χ3v) is 4.12. The number of carboxylic acid groups (broad SMARTS) is 2. The van der Waals surface area contributed by atoms with Crippen LogP contribution in [0.5, 0.6) is 0 Å². The highest BCUT2D eigenvalue weighted by atomic mass is 16.4. The molecule has 15 heteroatoms. The van der Waals surface area contributed by atoms with Gasteiger partial charge in [-0.2, -0.15) is 0 Å². The molecule has 0 aromatic carbocycles. The van der Waals surface area contributed by atoms with E-state index in [1.807, 2.05) is 0 Å². The van der Waals surface area contributed by atoms with Gasteiger partial charge >= 0.3 is 11.9 Å². The van der Waals surface area contributed by atoms with Gasteiger partial charge in [-0.3, -0.25) is 24.0 Å². The van der Waals surface area contributed by atoms with Gasteiger partial charge in [-0.1, -0.05) is 0 Å². The molecule has 0 fully saturated rings. The fraction of sp³-hybridized carbons (Fsp3) is 0.471. The van der Waals surface area contributed by atoms with E-state index in [-0.39, 0.29) is 6.42 Å². The number of carboxylic acids is 2. The van der Waals surface area contributed by atoms with Crippen LogP contribution in [0.25, 0.3) is 0 Å². The quantitative estimate of drug-likeness (QED) is 0.144. The van der Waals surface area contributed by atoms with Gasteiger partial charge in [0.2, 0.25) is 23.6 Å². The van der Waals surface area contributed by atoms with Crippen LogP contribution in [0, 0.1) is 0 Å². The van der Waals surface area contributed by atoms with Crippen LogP contribution in [-0.2, 0) is 35.2 Å². The smallest absolute Gasteiger partial charge is 0.326 e. The molecule has 0 saturated carbocycles. The van der Waals surface area contributed by atoms with Crippen LogP contribution in [0.4, 0.5) is 0 Å². The molecular formula is C17H25N7O8. The predicted octanol–water partition coefficient (Wildman–Crippen LogP) is -3.81. The van der Waals surface area contributed by atoms with Crippen LogP contribution in [0.1, 0.15) is 25.5 Å². The van der Waals surface area contributed by atoms with Crippen LogP contribution >= 0.6 is 0 Å². The monoisotopic (exact) mass is 455 g/mol. The largest absolute Gasteiger partial charge is 0.481 e. The fourth-order valence-corrected chi connectivity index (χ4v) is 2.46. The fourth-order valence-electron chi connectivity index (χ4n) is 2.46. The molecule has 0 aliphatic rings. The molecule has 0 saturated heterocycles. The zero-order valence-corrected chi connectivity index (χ0v) is 17.0. The number of aromatic nitrogens is 2. The van der Waals surface area contributed by atoms with E-state index in [2.05, 4.69) is 25.9 Å². The van der Waals surface area contributed by atoms with Crippen LogP contribution in [0.3, 0.4) is 0 Å². The number of imidazole rings is 1. The number of nitrogens with one attached hydrogen (secondary N) is 4. The Labute approximate surface area is 181 Å². The number of amides is 4. The summed E-state index contributed by atoms with van der Waals surface area (Å²) < 4.78 is 0. The highest BCUT2D eigenvalue weighted by molar-refractivity contribution is 5.96. The van der Waals surface area contributed by atoms with E-state index in [0.29, 0.717) is 5.69 Å². The molecule has 32 heavy (non-hydrogen) atoms. The Morgan fingerprint density at radius 1 is 1.00 bits per heavy atom. The van der Waals surface area contributed by atoms with Gasteiger partial charge in [0.25, 0.3) is 0 Å². The van der Waals surface area contributed by atoms with Crippen molar-refractivity contribution in [3.05, 3.63) is 18.2 Å². The van der Waals surface area contributed by atoms with Crippen LogP contribution < -0.4 is 27.4 Å². The van der Waals surface area contributed by atoms with E-state index in [1.54, 1.807) is 0 Å². The summed E-state index contributed by atoms with van der Waals surface area (Å²) in [7, 11) is 0. The van der Waals surface area contributed by atoms with E-state index in [1.165, 1.54) is 19.4 Å². The van der Waals surface area contributed by atoms with Gasteiger partial charge < -0.3 is 42.6 Å². The van der Waals surface area contributed by atoms with Crippen molar-refractivity contribution in [2.45, 2.75) is 50.4 Å². The van der Waals surface area contributed by atoms with Gasteiger partial charge in [0.15, 0.2) is 0 Å². The number of hydrogen-bond donors (Lipinski definition) is 8. The molecule has 15 nitrogen and oxygen atoms in total. The molecule has 0 spiro atoms. The molecule has 4 atom stereocenters. The Morgan fingerprint density at radius 3 is 2.12 bits per heavy atom. The topological polar surface area (TPSA) is 260 Å². The maximum absolute atomic E-state index is 12.5. The standard InChI is InChI=1S/C17H25N7O8/c1-7(22-15(29)9(18)3-13(26)27)14(28)23-10(4-12(19)25)16(30)24-11(17(31)32)2-8-5-20-6-21-8/h5-7,9-11H,2-4,18H2,1H3,(H2,19,25)(H,20,21)(H,22,29)(H,23,28)(H,24,30)(H,26,27)(H,31,32). The molecule has 1 aromatic rings. The third-order valence-electron chi connectivity index (χ3n) is 4.12.